The predicted molar refractivity (Wildman–Crippen MR) is 130 cm³/mol. The predicted octanol–water partition coefficient (Wildman–Crippen LogP) is 3.52. The summed E-state index contributed by atoms with van der Waals surface area (Å²) in [6.07, 6.45) is -1.33. The van der Waals surface area contributed by atoms with E-state index in [0.29, 0.717) is 23.4 Å². The lowest BCUT2D eigenvalue weighted by molar-refractivity contribution is -0.303. The molecule has 1 aromatic carbocycles. The zero-order chi connectivity index (χ0) is 27.2. The van der Waals surface area contributed by atoms with Gasteiger partial charge in [0.1, 0.15) is 5.76 Å². The van der Waals surface area contributed by atoms with Gasteiger partial charge in [-0.15, -0.1) is 13.2 Å². The lowest BCUT2D eigenvalue weighted by Crippen LogP contribution is -2.40. The van der Waals surface area contributed by atoms with Gasteiger partial charge in [-0.3, -0.25) is 18.5 Å². The van der Waals surface area contributed by atoms with Gasteiger partial charge < -0.3 is 14.6 Å². The molecule has 9 nitrogen and oxygen atoms in total. The van der Waals surface area contributed by atoms with Gasteiger partial charge in [0.25, 0.3) is 5.56 Å². The Hall–Kier alpha value is -3.95. The minimum Gasteiger partial charge on any atom is -0.425 e. The molecule has 0 bridgehead atoms. The molecule has 5 rings (SSSR count). The monoisotopic (exact) mass is 548 g/mol. The molecule has 0 amide bonds. The quantitative estimate of drug-likeness (QED) is 0.432. The summed E-state index contributed by atoms with van der Waals surface area (Å²) < 4.78 is 51.3. The van der Waals surface area contributed by atoms with Crippen molar-refractivity contribution in [1.82, 2.24) is 18.7 Å². The summed E-state index contributed by atoms with van der Waals surface area (Å²) in [4.78, 5) is 30.9. The van der Waals surface area contributed by atoms with Crippen molar-refractivity contribution in [3.63, 3.8) is 0 Å². The van der Waals surface area contributed by atoms with Gasteiger partial charge in [-0.25, -0.2) is 4.79 Å². The number of aromatic nitrogens is 4. The second-order valence-electron chi connectivity index (χ2n) is 9.03. The van der Waals surface area contributed by atoms with Gasteiger partial charge in [0.2, 0.25) is 0 Å². The minimum absolute atomic E-state index is 0.00187. The Morgan fingerprint density at radius 1 is 1.18 bits per heavy atom. The highest BCUT2D eigenvalue weighted by Crippen LogP contribution is 2.38. The minimum atomic E-state index is -4.94. The van der Waals surface area contributed by atoms with Crippen molar-refractivity contribution in [1.29, 1.82) is 0 Å². The number of hydrogen-bond acceptors (Lipinski definition) is 6. The van der Waals surface area contributed by atoms with Crippen LogP contribution in [-0.4, -0.2) is 35.8 Å². The highest BCUT2D eigenvalue weighted by atomic mass is 35.5. The topological polar surface area (TPSA) is 101 Å². The Morgan fingerprint density at radius 3 is 2.55 bits per heavy atom. The van der Waals surface area contributed by atoms with Crippen LogP contribution in [0.25, 0.3) is 11.2 Å². The second kappa shape index (κ2) is 9.41. The van der Waals surface area contributed by atoms with E-state index in [1.54, 1.807) is 24.3 Å². The van der Waals surface area contributed by atoms with E-state index in [9.17, 15) is 27.9 Å². The summed E-state index contributed by atoms with van der Waals surface area (Å²) >= 11 is 5.99. The maximum Gasteiger partial charge on any atom is 0.573 e. The smallest absolute Gasteiger partial charge is 0.425 e. The maximum atomic E-state index is 13.6. The van der Waals surface area contributed by atoms with Gasteiger partial charge in [0.15, 0.2) is 16.9 Å². The van der Waals surface area contributed by atoms with Gasteiger partial charge in [-0.2, -0.15) is 4.98 Å². The molecule has 0 radical (unpaired) electrons. The van der Waals surface area contributed by atoms with Gasteiger partial charge in [0.05, 0.1) is 12.1 Å². The van der Waals surface area contributed by atoms with Crippen LogP contribution in [0.2, 0.25) is 5.02 Å². The molecule has 0 unspecified atom stereocenters. The number of nitrogens with zero attached hydrogens (tertiary/aromatic N) is 4. The molecule has 1 saturated carbocycles. The Morgan fingerprint density at radius 2 is 1.89 bits per heavy atom. The summed E-state index contributed by atoms with van der Waals surface area (Å²) in [6.45, 7) is 0.0663. The van der Waals surface area contributed by atoms with E-state index in [4.69, 9.17) is 16.3 Å². The summed E-state index contributed by atoms with van der Waals surface area (Å²) in [5, 5.41) is 10.7. The van der Waals surface area contributed by atoms with Gasteiger partial charge in [-0.1, -0.05) is 29.5 Å². The molecule has 2 aliphatic carbocycles. The zero-order valence-electron chi connectivity index (χ0n) is 19.9. The van der Waals surface area contributed by atoms with Crippen molar-refractivity contribution in [2.24, 2.45) is 7.05 Å². The van der Waals surface area contributed by atoms with Gasteiger partial charge in [-0.05, 0) is 42.7 Å². The molecule has 13 heteroatoms. The van der Waals surface area contributed by atoms with Crippen molar-refractivity contribution in [3.8, 4) is 6.01 Å². The van der Waals surface area contributed by atoms with Crippen LogP contribution >= 0.6 is 11.6 Å². The van der Waals surface area contributed by atoms with E-state index in [2.05, 4.69) is 21.2 Å². The van der Waals surface area contributed by atoms with Crippen LogP contribution < -0.4 is 16.0 Å². The summed E-state index contributed by atoms with van der Waals surface area (Å²) in [7, 11) is 1.44. The summed E-state index contributed by atoms with van der Waals surface area (Å²) in [5.41, 5.74) is 3.20. The van der Waals surface area contributed by atoms with E-state index in [1.807, 2.05) is 0 Å². The third kappa shape index (κ3) is 5.34. The fourth-order valence-electron chi connectivity index (χ4n) is 3.99. The first-order valence-electron chi connectivity index (χ1n) is 11.5. The maximum absolute atomic E-state index is 13.6. The van der Waals surface area contributed by atoms with E-state index in [1.165, 1.54) is 22.3 Å². The van der Waals surface area contributed by atoms with Crippen LogP contribution in [0, 0.1) is 0 Å². The first-order valence-corrected chi connectivity index (χ1v) is 11.8. The number of allylic oxidation sites excluding steroid dienone is 2. The Bertz CT molecular complexity index is 1680. The zero-order valence-corrected chi connectivity index (χ0v) is 20.6. The van der Waals surface area contributed by atoms with Gasteiger partial charge in [0, 0.05) is 30.8 Å². The van der Waals surface area contributed by atoms with E-state index < -0.39 is 29.0 Å². The molecule has 1 N–H and O–H groups in total. The highest BCUT2D eigenvalue weighted by molar-refractivity contribution is 6.30. The average molecular weight is 549 g/mol. The number of aliphatic hydroxyl groups is 1. The molecular formula is C25H20ClF3N4O5. The van der Waals surface area contributed by atoms with Crippen LogP contribution in [0.1, 0.15) is 24.8 Å². The van der Waals surface area contributed by atoms with Crippen molar-refractivity contribution < 1.29 is 27.8 Å². The molecule has 0 atom stereocenters. The molecule has 2 aromatic heterocycles. The van der Waals surface area contributed by atoms with Crippen LogP contribution in [-0.2, 0) is 24.9 Å². The van der Waals surface area contributed by atoms with Crippen LogP contribution in [0.3, 0.4) is 0 Å². The SMILES string of the molecule is Cn1c(=O)n(CCC2(O)CC2)c(=O)c2c1nc(OC1=CC(OC(F)(F)F)=C=C=C1)n2Cc1ccc(Cl)cc1. The number of fused-ring (bicyclic) bond motifs is 1. The largest absolute Gasteiger partial charge is 0.573 e. The number of halogens is 4. The van der Waals surface area contributed by atoms with E-state index in [-0.39, 0.29) is 42.4 Å². The van der Waals surface area contributed by atoms with Gasteiger partial charge >= 0.3 is 18.1 Å². The average Bonchev–Trinajstić information content (AvgIpc) is 3.48. The molecule has 2 heterocycles. The number of imidazole rings is 1. The highest BCUT2D eigenvalue weighted by Gasteiger charge is 2.40. The number of aryl methyl sites for hydroxylation is 1. The Kier molecular flexibility index (Phi) is 6.36. The molecular weight excluding hydrogens is 529 g/mol. The third-order valence-corrected chi connectivity index (χ3v) is 6.45. The van der Waals surface area contributed by atoms with Crippen LogP contribution in [0.15, 0.2) is 69.0 Å². The molecule has 38 heavy (non-hydrogen) atoms. The van der Waals surface area contributed by atoms with Crippen molar-refractivity contribution >= 4 is 22.8 Å². The number of benzene rings is 1. The molecule has 3 aromatic rings. The first-order chi connectivity index (χ1) is 17.9. The normalized spacial score (nSPS) is 15.9. The molecule has 0 saturated heterocycles. The fraction of sp³-hybridized carbons (Fsp3) is 0.320. The third-order valence-electron chi connectivity index (χ3n) is 6.20. The lowest BCUT2D eigenvalue weighted by atomic mass is 10.2. The summed E-state index contributed by atoms with van der Waals surface area (Å²) in [5.74, 6) is -0.792. The van der Waals surface area contributed by atoms with Crippen molar-refractivity contribution in [2.75, 3.05) is 0 Å². The van der Waals surface area contributed by atoms with Crippen LogP contribution in [0.5, 0.6) is 6.01 Å². The van der Waals surface area contributed by atoms with Crippen molar-refractivity contribution in [2.45, 2.75) is 44.3 Å². The molecule has 198 valence electrons. The Labute approximate surface area is 217 Å². The fourth-order valence-corrected chi connectivity index (χ4v) is 4.12. The van der Waals surface area contributed by atoms with Crippen LogP contribution in [0.4, 0.5) is 13.2 Å². The first kappa shape index (κ1) is 25.7. The number of alkyl halides is 3. The molecule has 0 aliphatic heterocycles. The summed E-state index contributed by atoms with van der Waals surface area (Å²) in [6, 6.07) is 6.61. The molecule has 2 aliphatic rings. The second-order valence-corrected chi connectivity index (χ2v) is 9.46. The van der Waals surface area contributed by atoms with Crippen molar-refractivity contribution in [3.05, 3.63) is 90.8 Å². The molecule has 1 fully saturated rings. The Balaban J connectivity index is 1.60. The number of ether oxygens (including phenoxy) is 2. The number of hydrogen-bond donors (Lipinski definition) is 1. The standard InChI is InChI=1S/C25H20ClF3N4O5/c1-31-20-19(21(34)32(23(31)35)12-11-24(36)9-10-24)33(14-15-5-7-16(26)8-6-15)22(30-20)37-17-3-2-4-18(13-17)38-25(27,28)29/h3,5-8,13,36H,9-12,14H2,1H3. The van der Waals surface area contributed by atoms with E-state index in [0.717, 1.165) is 10.6 Å². The lowest BCUT2D eigenvalue weighted by Gasteiger charge is -2.13. The molecule has 0 spiro atoms. The van der Waals surface area contributed by atoms with E-state index >= 15 is 0 Å². The number of rotatable bonds is 8.